The van der Waals surface area contributed by atoms with E-state index in [-0.39, 0.29) is 42.6 Å². The molecule has 27 heavy (non-hydrogen) atoms. The molecule has 1 saturated heterocycles. The van der Waals surface area contributed by atoms with Crippen LogP contribution in [0.25, 0.3) is 0 Å². The topological polar surface area (TPSA) is 75.2 Å². The molecule has 1 atom stereocenters. The van der Waals surface area contributed by atoms with Crippen molar-refractivity contribution in [3.8, 4) is 5.75 Å². The highest BCUT2D eigenvalue weighted by Crippen LogP contribution is 2.14. The van der Waals surface area contributed by atoms with E-state index in [9.17, 15) is 4.79 Å². The van der Waals surface area contributed by atoms with Crippen LogP contribution in [-0.2, 0) is 16.1 Å². The lowest BCUT2D eigenvalue weighted by atomic mass is 10.2. The Morgan fingerprint density at radius 1 is 1.37 bits per heavy atom. The number of benzene rings is 1. The number of nitrogens with zero attached hydrogens (tertiary/aromatic N) is 2. The average molecular weight is 490 g/mol. The second-order valence-electron chi connectivity index (χ2n) is 6.44. The zero-order valence-electron chi connectivity index (χ0n) is 16.4. The molecule has 0 aromatic heterocycles. The minimum absolute atomic E-state index is 0. The van der Waals surface area contributed by atoms with Crippen LogP contribution in [0.4, 0.5) is 0 Å². The van der Waals surface area contributed by atoms with Crippen molar-refractivity contribution in [2.45, 2.75) is 32.4 Å². The highest BCUT2D eigenvalue weighted by atomic mass is 127. The first-order valence-electron chi connectivity index (χ1n) is 9.14. The Kier molecular flexibility index (Phi) is 11.1. The van der Waals surface area contributed by atoms with Crippen molar-refractivity contribution in [2.75, 3.05) is 40.4 Å². The van der Waals surface area contributed by atoms with Crippen LogP contribution in [0.1, 0.15) is 25.3 Å². The molecule has 2 rings (SSSR count). The smallest absolute Gasteiger partial charge is 0.259 e. The second kappa shape index (κ2) is 12.8. The Bertz CT molecular complexity index is 604. The van der Waals surface area contributed by atoms with Crippen LogP contribution in [0.2, 0.25) is 0 Å². The van der Waals surface area contributed by atoms with Crippen molar-refractivity contribution >= 4 is 35.8 Å². The first-order chi connectivity index (χ1) is 12.6. The number of halogens is 1. The summed E-state index contributed by atoms with van der Waals surface area (Å²) in [6.45, 7) is 5.02. The Balaban J connectivity index is 0.00000364. The lowest BCUT2D eigenvalue weighted by Crippen LogP contribution is -2.41. The molecule has 2 N–H and O–H groups in total. The predicted molar refractivity (Wildman–Crippen MR) is 118 cm³/mol. The first-order valence-corrected chi connectivity index (χ1v) is 9.14. The lowest BCUT2D eigenvalue weighted by molar-refractivity contribution is -0.130. The quantitative estimate of drug-likeness (QED) is 0.332. The molecule has 152 valence electrons. The summed E-state index contributed by atoms with van der Waals surface area (Å²) in [6.07, 6.45) is 2.49. The summed E-state index contributed by atoms with van der Waals surface area (Å²) >= 11 is 0. The van der Waals surface area contributed by atoms with Gasteiger partial charge < -0.3 is 25.0 Å². The van der Waals surface area contributed by atoms with Gasteiger partial charge in [0.15, 0.2) is 12.6 Å². The van der Waals surface area contributed by atoms with E-state index in [0.29, 0.717) is 12.3 Å². The van der Waals surface area contributed by atoms with Crippen molar-refractivity contribution in [1.29, 1.82) is 0 Å². The average Bonchev–Trinajstić information content (AvgIpc) is 3.16. The number of ether oxygens (including phenoxy) is 2. The summed E-state index contributed by atoms with van der Waals surface area (Å²) in [5, 5.41) is 6.58. The molecule has 1 unspecified atom stereocenters. The fourth-order valence-corrected chi connectivity index (χ4v) is 2.54. The van der Waals surface area contributed by atoms with Crippen LogP contribution in [0.3, 0.4) is 0 Å². The van der Waals surface area contributed by atoms with Gasteiger partial charge in [-0.15, -0.1) is 24.0 Å². The molecule has 0 bridgehead atoms. The van der Waals surface area contributed by atoms with Crippen LogP contribution in [0.5, 0.6) is 5.75 Å². The molecule has 1 aromatic carbocycles. The molecule has 8 heteroatoms. The third-order valence-corrected chi connectivity index (χ3v) is 4.04. The molecular weight excluding hydrogens is 459 g/mol. The lowest BCUT2D eigenvalue weighted by Gasteiger charge is -2.15. The number of nitrogens with one attached hydrogen (secondary N) is 2. The van der Waals surface area contributed by atoms with E-state index in [1.807, 2.05) is 31.2 Å². The number of aliphatic imine (C=N–C) groups is 1. The van der Waals surface area contributed by atoms with Crippen molar-refractivity contribution in [2.24, 2.45) is 4.99 Å². The van der Waals surface area contributed by atoms with Gasteiger partial charge in [-0.05, 0) is 37.5 Å². The molecule has 1 aliphatic heterocycles. The van der Waals surface area contributed by atoms with Crippen molar-refractivity contribution < 1.29 is 14.3 Å². The SMILES string of the molecule is CCNC(=NCc1cccc(OCC(=O)N(C)C)c1)NCC1CCCO1.I. The van der Waals surface area contributed by atoms with Gasteiger partial charge in [0, 0.05) is 33.8 Å². The zero-order valence-corrected chi connectivity index (χ0v) is 18.7. The second-order valence-corrected chi connectivity index (χ2v) is 6.44. The van der Waals surface area contributed by atoms with Gasteiger partial charge in [0.2, 0.25) is 0 Å². The molecule has 1 aromatic rings. The summed E-state index contributed by atoms with van der Waals surface area (Å²) in [5.74, 6) is 1.38. The molecule has 0 saturated carbocycles. The molecule has 7 nitrogen and oxygen atoms in total. The molecular formula is C19H31IN4O3. The van der Waals surface area contributed by atoms with E-state index >= 15 is 0 Å². The first kappa shape index (κ1) is 23.5. The van der Waals surface area contributed by atoms with Crippen LogP contribution >= 0.6 is 24.0 Å². The summed E-state index contributed by atoms with van der Waals surface area (Å²) < 4.78 is 11.2. The molecule has 1 fully saturated rings. The fraction of sp³-hybridized carbons (Fsp3) is 0.579. The third kappa shape index (κ3) is 8.79. The minimum Gasteiger partial charge on any atom is -0.484 e. The van der Waals surface area contributed by atoms with Crippen LogP contribution < -0.4 is 15.4 Å². The van der Waals surface area contributed by atoms with E-state index in [0.717, 1.165) is 44.1 Å². The summed E-state index contributed by atoms with van der Waals surface area (Å²) in [7, 11) is 3.42. The number of carbonyl (C=O) groups is 1. The number of hydrogen-bond donors (Lipinski definition) is 2. The van der Waals surface area contributed by atoms with Crippen LogP contribution in [0.15, 0.2) is 29.3 Å². The van der Waals surface area contributed by atoms with E-state index in [2.05, 4.69) is 15.6 Å². The maximum atomic E-state index is 11.6. The van der Waals surface area contributed by atoms with Gasteiger partial charge >= 0.3 is 0 Å². The molecule has 1 amide bonds. The van der Waals surface area contributed by atoms with E-state index in [1.54, 1.807) is 14.1 Å². The number of hydrogen-bond acceptors (Lipinski definition) is 4. The number of likely N-dealkylation sites (N-methyl/N-ethyl adjacent to an activating group) is 1. The largest absolute Gasteiger partial charge is 0.484 e. The standard InChI is InChI=1S/C19H30N4O3.HI/c1-4-20-19(22-13-17-9-6-10-25-17)21-12-15-7-5-8-16(11-15)26-14-18(24)23(2)3;/h5,7-8,11,17H,4,6,9-10,12-14H2,1-3H3,(H2,20,21,22);1H. The number of amides is 1. The van der Waals surface area contributed by atoms with E-state index in [4.69, 9.17) is 9.47 Å². The van der Waals surface area contributed by atoms with Gasteiger partial charge in [-0.2, -0.15) is 0 Å². The van der Waals surface area contributed by atoms with Crippen molar-refractivity contribution in [3.05, 3.63) is 29.8 Å². The fourth-order valence-electron chi connectivity index (χ4n) is 2.54. The van der Waals surface area contributed by atoms with Gasteiger partial charge in [0.05, 0.1) is 12.6 Å². The molecule has 1 heterocycles. The van der Waals surface area contributed by atoms with Gasteiger partial charge in [0.25, 0.3) is 5.91 Å². The normalized spacial score (nSPS) is 16.4. The van der Waals surface area contributed by atoms with E-state index in [1.165, 1.54) is 4.90 Å². The third-order valence-electron chi connectivity index (χ3n) is 4.04. The molecule has 1 aliphatic rings. The Morgan fingerprint density at radius 2 is 2.19 bits per heavy atom. The van der Waals surface area contributed by atoms with Gasteiger partial charge in [-0.25, -0.2) is 4.99 Å². The number of carbonyl (C=O) groups excluding carboxylic acids is 1. The Morgan fingerprint density at radius 3 is 2.85 bits per heavy atom. The zero-order chi connectivity index (χ0) is 18.8. The summed E-state index contributed by atoms with van der Waals surface area (Å²) in [5.41, 5.74) is 1.02. The monoisotopic (exact) mass is 490 g/mol. The molecule has 0 radical (unpaired) electrons. The predicted octanol–water partition coefficient (Wildman–Crippen LogP) is 2.01. The maximum Gasteiger partial charge on any atom is 0.259 e. The molecule has 0 aliphatic carbocycles. The van der Waals surface area contributed by atoms with Crippen molar-refractivity contribution in [3.63, 3.8) is 0 Å². The highest BCUT2D eigenvalue weighted by Gasteiger charge is 2.15. The van der Waals surface area contributed by atoms with E-state index < -0.39 is 0 Å². The van der Waals surface area contributed by atoms with Crippen molar-refractivity contribution in [1.82, 2.24) is 15.5 Å². The van der Waals surface area contributed by atoms with Gasteiger partial charge in [0.1, 0.15) is 5.75 Å². The number of rotatable bonds is 8. The minimum atomic E-state index is -0.0683. The summed E-state index contributed by atoms with van der Waals surface area (Å²) in [4.78, 5) is 17.7. The van der Waals surface area contributed by atoms with Gasteiger partial charge in [-0.1, -0.05) is 12.1 Å². The van der Waals surface area contributed by atoms with Crippen LogP contribution in [0, 0.1) is 0 Å². The van der Waals surface area contributed by atoms with Crippen LogP contribution in [-0.4, -0.2) is 63.3 Å². The van der Waals surface area contributed by atoms with Gasteiger partial charge in [-0.3, -0.25) is 4.79 Å². The molecule has 0 spiro atoms. The highest BCUT2D eigenvalue weighted by molar-refractivity contribution is 14.0. The summed E-state index contributed by atoms with van der Waals surface area (Å²) in [6, 6.07) is 7.66. The Hall–Kier alpha value is -1.55. The number of guanidine groups is 1. The Labute approximate surface area is 178 Å². The maximum absolute atomic E-state index is 11.6.